The number of aliphatic imine (C=N–C) groups is 2. The second-order valence-electron chi connectivity index (χ2n) is 7.91. The molecule has 160 valence electrons. The Hall–Kier alpha value is -2.64. The smallest absolute Gasteiger partial charge is 0.259 e. The topological polar surface area (TPSA) is 74.1 Å². The van der Waals surface area contributed by atoms with Crippen molar-refractivity contribution in [3.8, 4) is 0 Å². The van der Waals surface area contributed by atoms with Crippen molar-refractivity contribution < 1.29 is 9.59 Å². The Kier molecular flexibility index (Phi) is 6.16. The van der Waals surface area contributed by atoms with Crippen LogP contribution in [0, 0.1) is 5.92 Å². The molecule has 0 aliphatic carbocycles. The van der Waals surface area contributed by atoms with E-state index in [0.29, 0.717) is 34.1 Å². The van der Waals surface area contributed by atoms with Gasteiger partial charge in [-0.25, -0.2) is 9.89 Å². The van der Waals surface area contributed by atoms with E-state index in [0.717, 1.165) is 11.3 Å². The number of carbonyl (C=O) groups is 2. The Balaban J connectivity index is 1.60. The van der Waals surface area contributed by atoms with E-state index in [2.05, 4.69) is 19.2 Å². The Morgan fingerprint density at radius 2 is 1.87 bits per heavy atom. The highest BCUT2D eigenvalue weighted by atomic mass is 35.5. The van der Waals surface area contributed by atoms with E-state index in [1.165, 1.54) is 11.8 Å². The first-order chi connectivity index (χ1) is 14.8. The molecular formula is C23H23ClN4O2S. The van der Waals surface area contributed by atoms with Crippen molar-refractivity contribution in [2.75, 3.05) is 5.32 Å². The van der Waals surface area contributed by atoms with Gasteiger partial charge in [-0.1, -0.05) is 61.5 Å². The Labute approximate surface area is 190 Å². The van der Waals surface area contributed by atoms with Crippen LogP contribution in [0.1, 0.15) is 32.8 Å². The quantitative estimate of drug-likeness (QED) is 0.682. The highest BCUT2D eigenvalue weighted by Gasteiger charge is 2.42. The van der Waals surface area contributed by atoms with Crippen LogP contribution in [-0.2, 0) is 9.59 Å². The molecule has 0 aromatic heterocycles. The molecule has 0 radical (unpaired) electrons. The van der Waals surface area contributed by atoms with E-state index in [1.54, 1.807) is 30.0 Å². The lowest BCUT2D eigenvalue weighted by Crippen LogP contribution is -2.42. The monoisotopic (exact) mass is 454 g/mol. The van der Waals surface area contributed by atoms with E-state index >= 15 is 0 Å². The molecule has 2 aliphatic rings. The lowest BCUT2D eigenvalue weighted by molar-refractivity contribution is -0.125. The molecule has 2 aromatic rings. The van der Waals surface area contributed by atoms with Gasteiger partial charge in [-0.05, 0) is 43.5 Å². The molecule has 0 saturated carbocycles. The number of benzene rings is 2. The highest BCUT2D eigenvalue weighted by molar-refractivity contribution is 8.15. The molecular weight excluding hydrogens is 432 g/mol. The molecule has 0 fully saturated rings. The van der Waals surface area contributed by atoms with Gasteiger partial charge in [-0.15, -0.1) is 0 Å². The summed E-state index contributed by atoms with van der Waals surface area (Å²) >= 11 is 7.39. The lowest BCUT2D eigenvalue weighted by atomic mass is 10.0. The zero-order chi connectivity index (χ0) is 22.1. The summed E-state index contributed by atoms with van der Waals surface area (Å²) in [6.45, 7) is 5.93. The zero-order valence-corrected chi connectivity index (χ0v) is 19.1. The van der Waals surface area contributed by atoms with Gasteiger partial charge in [0.25, 0.3) is 5.91 Å². The summed E-state index contributed by atoms with van der Waals surface area (Å²) in [5, 5.41) is 3.28. The van der Waals surface area contributed by atoms with Crippen LogP contribution in [0.4, 0.5) is 11.4 Å². The van der Waals surface area contributed by atoms with E-state index < -0.39 is 11.3 Å². The fraction of sp³-hybridized carbons (Fsp3) is 0.304. The lowest BCUT2D eigenvalue weighted by Gasteiger charge is -2.27. The fourth-order valence-electron chi connectivity index (χ4n) is 3.49. The second kappa shape index (κ2) is 8.85. The molecule has 8 heteroatoms. The molecule has 0 spiro atoms. The molecule has 2 atom stereocenters. The number of rotatable bonds is 5. The van der Waals surface area contributed by atoms with Crippen molar-refractivity contribution in [2.45, 2.75) is 38.5 Å². The van der Waals surface area contributed by atoms with Gasteiger partial charge in [0.15, 0.2) is 5.17 Å². The van der Waals surface area contributed by atoms with Crippen molar-refractivity contribution in [2.24, 2.45) is 15.9 Å². The SMILES string of the molecule is CC(C)C[C@H]1N=C2c3ccccc3N=C(S[C@H](C)C(=O)Nc3ccccc3Cl)N2C1=O. The van der Waals surface area contributed by atoms with Crippen LogP contribution < -0.4 is 5.32 Å². The minimum atomic E-state index is -0.501. The van der Waals surface area contributed by atoms with Crippen molar-refractivity contribution in [3.05, 3.63) is 59.1 Å². The predicted octanol–water partition coefficient (Wildman–Crippen LogP) is 5.11. The van der Waals surface area contributed by atoms with Crippen LogP contribution in [-0.4, -0.2) is 39.0 Å². The second-order valence-corrected chi connectivity index (χ2v) is 9.63. The van der Waals surface area contributed by atoms with Crippen LogP contribution in [0.25, 0.3) is 0 Å². The van der Waals surface area contributed by atoms with Crippen LogP contribution in [0.5, 0.6) is 0 Å². The van der Waals surface area contributed by atoms with E-state index in [-0.39, 0.29) is 11.8 Å². The summed E-state index contributed by atoms with van der Waals surface area (Å²) in [5.41, 5.74) is 2.13. The Morgan fingerprint density at radius 1 is 1.16 bits per heavy atom. The van der Waals surface area contributed by atoms with Crippen LogP contribution in [0.2, 0.25) is 5.02 Å². The summed E-state index contributed by atoms with van der Waals surface area (Å²) in [6, 6.07) is 14.3. The number of fused-ring (bicyclic) bond motifs is 3. The van der Waals surface area contributed by atoms with Crippen molar-refractivity contribution in [1.29, 1.82) is 0 Å². The average Bonchev–Trinajstić information content (AvgIpc) is 3.06. The van der Waals surface area contributed by atoms with Crippen LogP contribution in [0.3, 0.4) is 0 Å². The van der Waals surface area contributed by atoms with Gasteiger partial charge < -0.3 is 5.32 Å². The summed E-state index contributed by atoms with van der Waals surface area (Å²) in [6.07, 6.45) is 0.668. The maximum atomic E-state index is 13.2. The molecule has 0 unspecified atom stereocenters. The standard InChI is InChI=1S/C23H23ClN4O2S/c1-13(2)12-19-22(30)28-20(25-19)15-8-4-6-10-17(15)27-23(28)31-14(3)21(29)26-18-11-7-5-9-16(18)24/h4-11,13-14,19H,12H2,1-3H3,(H,26,29)/t14-,19-/m1/s1. The number of amidine groups is 2. The fourth-order valence-corrected chi connectivity index (χ4v) is 4.59. The van der Waals surface area contributed by atoms with Crippen LogP contribution in [0.15, 0.2) is 58.5 Å². The van der Waals surface area contributed by atoms with E-state index in [9.17, 15) is 9.59 Å². The van der Waals surface area contributed by atoms with Gasteiger partial charge in [0, 0.05) is 5.56 Å². The number of para-hydroxylation sites is 2. The number of nitrogens with one attached hydrogen (secondary N) is 1. The number of carbonyl (C=O) groups excluding carboxylic acids is 2. The first-order valence-electron chi connectivity index (χ1n) is 10.2. The van der Waals surface area contributed by atoms with Gasteiger partial charge >= 0.3 is 0 Å². The van der Waals surface area contributed by atoms with Gasteiger partial charge in [0.1, 0.15) is 11.9 Å². The number of nitrogens with zero attached hydrogens (tertiary/aromatic N) is 3. The third-order valence-electron chi connectivity index (χ3n) is 5.03. The van der Waals surface area contributed by atoms with Crippen molar-refractivity contribution in [3.63, 3.8) is 0 Å². The van der Waals surface area contributed by atoms with Crippen LogP contribution >= 0.6 is 23.4 Å². The average molecular weight is 455 g/mol. The van der Waals surface area contributed by atoms with E-state index in [1.807, 2.05) is 30.3 Å². The first kappa shape index (κ1) is 21.6. The van der Waals surface area contributed by atoms with Crippen molar-refractivity contribution >= 4 is 57.6 Å². The summed E-state index contributed by atoms with van der Waals surface area (Å²) < 4.78 is 0. The molecule has 2 aromatic carbocycles. The number of amides is 2. The summed E-state index contributed by atoms with van der Waals surface area (Å²) in [7, 11) is 0. The molecule has 2 aliphatic heterocycles. The molecule has 31 heavy (non-hydrogen) atoms. The largest absolute Gasteiger partial charge is 0.324 e. The summed E-state index contributed by atoms with van der Waals surface area (Å²) in [4.78, 5) is 37.0. The number of anilines is 1. The molecule has 2 amide bonds. The van der Waals surface area contributed by atoms with Gasteiger partial charge in [-0.2, -0.15) is 0 Å². The molecule has 6 nitrogen and oxygen atoms in total. The molecule has 2 heterocycles. The minimum absolute atomic E-state index is 0.0943. The molecule has 1 N–H and O–H groups in total. The van der Waals surface area contributed by atoms with Gasteiger partial charge in [-0.3, -0.25) is 14.6 Å². The maximum Gasteiger partial charge on any atom is 0.259 e. The number of hydrogen-bond donors (Lipinski definition) is 1. The van der Waals surface area contributed by atoms with Gasteiger partial charge in [0.2, 0.25) is 5.91 Å². The Bertz CT molecular complexity index is 1100. The number of thioether (sulfide) groups is 1. The molecule has 0 saturated heterocycles. The number of halogens is 1. The maximum absolute atomic E-state index is 13.2. The highest BCUT2D eigenvalue weighted by Crippen LogP contribution is 2.35. The zero-order valence-electron chi connectivity index (χ0n) is 17.5. The Morgan fingerprint density at radius 3 is 2.61 bits per heavy atom. The summed E-state index contributed by atoms with van der Waals surface area (Å²) in [5.74, 6) is 0.636. The van der Waals surface area contributed by atoms with E-state index in [4.69, 9.17) is 21.6 Å². The third kappa shape index (κ3) is 4.38. The first-order valence-corrected chi connectivity index (χ1v) is 11.4. The number of hydrogen-bond acceptors (Lipinski definition) is 5. The van der Waals surface area contributed by atoms with Crippen molar-refractivity contribution in [1.82, 2.24) is 4.90 Å². The molecule has 4 rings (SSSR count). The normalized spacial score (nSPS) is 18.3. The third-order valence-corrected chi connectivity index (χ3v) is 6.41. The molecule has 0 bridgehead atoms. The van der Waals surface area contributed by atoms with Gasteiger partial charge in [0.05, 0.1) is 21.6 Å². The predicted molar refractivity (Wildman–Crippen MR) is 127 cm³/mol. The minimum Gasteiger partial charge on any atom is -0.324 e.